The molecule has 4 heteroatoms. The number of rotatable bonds is 2. The summed E-state index contributed by atoms with van der Waals surface area (Å²) in [5.41, 5.74) is 0. The van der Waals surface area contributed by atoms with Crippen LogP contribution < -0.4 is 0 Å². The van der Waals surface area contributed by atoms with Crippen molar-refractivity contribution in [2.24, 2.45) is 0 Å². The lowest BCUT2D eigenvalue weighted by atomic mass is 10.6. The SMILES string of the molecule is Cc1ncc(Br)c(SC(C)C)n1. The molecule has 0 aliphatic heterocycles. The zero-order valence-electron chi connectivity index (χ0n) is 7.34. The second-order valence-electron chi connectivity index (χ2n) is 2.74. The van der Waals surface area contributed by atoms with Gasteiger partial charge in [0.05, 0.1) is 4.47 Å². The van der Waals surface area contributed by atoms with Crippen LogP contribution in [0.1, 0.15) is 19.7 Å². The topological polar surface area (TPSA) is 25.8 Å². The van der Waals surface area contributed by atoms with Gasteiger partial charge in [-0.2, -0.15) is 0 Å². The molecule has 0 aliphatic rings. The van der Waals surface area contributed by atoms with Gasteiger partial charge in [-0.3, -0.25) is 0 Å². The van der Waals surface area contributed by atoms with Crippen molar-refractivity contribution >= 4 is 27.7 Å². The van der Waals surface area contributed by atoms with Gasteiger partial charge < -0.3 is 0 Å². The van der Waals surface area contributed by atoms with Gasteiger partial charge in [-0.05, 0) is 22.9 Å². The molecule has 0 fully saturated rings. The van der Waals surface area contributed by atoms with Gasteiger partial charge in [0.2, 0.25) is 0 Å². The highest BCUT2D eigenvalue weighted by Gasteiger charge is 2.05. The van der Waals surface area contributed by atoms with Crippen LogP contribution >= 0.6 is 27.7 Å². The highest BCUT2D eigenvalue weighted by atomic mass is 79.9. The minimum atomic E-state index is 0.551. The van der Waals surface area contributed by atoms with Gasteiger partial charge in [-0.15, -0.1) is 11.8 Å². The predicted molar refractivity (Wildman–Crippen MR) is 55.5 cm³/mol. The van der Waals surface area contributed by atoms with Crippen LogP contribution in [0.5, 0.6) is 0 Å². The van der Waals surface area contributed by atoms with Gasteiger partial charge >= 0.3 is 0 Å². The smallest absolute Gasteiger partial charge is 0.126 e. The van der Waals surface area contributed by atoms with Gasteiger partial charge in [-0.1, -0.05) is 13.8 Å². The molecule has 0 atom stereocenters. The summed E-state index contributed by atoms with van der Waals surface area (Å²) in [5, 5.41) is 1.58. The Morgan fingerprint density at radius 3 is 2.75 bits per heavy atom. The Hall–Kier alpha value is -0.0900. The highest BCUT2D eigenvalue weighted by Crippen LogP contribution is 2.27. The summed E-state index contributed by atoms with van der Waals surface area (Å²) in [6.45, 7) is 6.19. The van der Waals surface area contributed by atoms with Crippen molar-refractivity contribution in [1.29, 1.82) is 0 Å². The fourth-order valence-electron chi connectivity index (χ4n) is 0.740. The first-order chi connectivity index (χ1) is 5.59. The molecule has 0 radical (unpaired) electrons. The van der Waals surface area contributed by atoms with E-state index in [1.165, 1.54) is 0 Å². The maximum absolute atomic E-state index is 4.32. The largest absolute Gasteiger partial charge is 0.240 e. The molecule has 0 saturated carbocycles. The fourth-order valence-corrected chi connectivity index (χ4v) is 2.01. The Morgan fingerprint density at radius 1 is 1.50 bits per heavy atom. The molecule has 12 heavy (non-hydrogen) atoms. The molecular formula is C8H11BrN2S. The molecule has 1 heterocycles. The third-order valence-electron chi connectivity index (χ3n) is 1.18. The van der Waals surface area contributed by atoms with Crippen molar-refractivity contribution in [1.82, 2.24) is 9.97 Å². The molecule has 1 rings (SSSR count). The number of hydrogen-bond donors (Lipinski definition) is 0. The highest BCUT2D eigenvalue weighted by molar-refractivity contribution is 9.10. The second-order valence-corrected chi connectivity index (χ2v) is 5.16. The number of hydrogen-bond acceptors (Lipinski definition) is 3. The normalized spacial score (nSPS) is 10.8. The van der Waals surface area contributed by atoms with E-state index in [9.17, 15) is 0 Å². The van der Waals surface area contributed by atoms with E-state index >= 15 is 0 Å². The molecule has 1 aromatic heterocycles. The minimum Gasteiger partial charge on any atom is -0.240 e. The summed E-state index contributed by atoms with van der Waals surface area (Å²) in [5.74, 6) is 0.821. The van der Waals surface area contributed by atoms with E-state index in [0.29, 0.717) is 5.25 Å². The van der Waals surface area contributed by atoms with E-state index < -0.39 is 0 Å². The van der Waals surface area contributed by atoms with Crippen LogP contribution in [0.4, 0.5) is 0 Å². The van der Waals surface area contributed by atoms with E-state index in [1.54, 1.807) is 18.0 Å². The lowest BCUT2D eigenvalue weighted by molar-refractivity contribution is 0.945. The van der Waals surface area contributed by atoms with Gasteiger partial charge in [0.1, 0.15) is 10.9 Å². The molecule has 0 bridgehead atoms. The Morgan fingerprint density at radius 2 is 2.17 bits per heavy atom. The van der Waals surface area contributed by atoms with E-state index in [-0.39, 0.29) is 0 Å². The van der Waals surface area contributed by atoms with Crippen molar-refractivity contribution in [3.05, 3.63) is 16.5 Å². The molecule has 0 unspecified atom stereocenters. The second kappa shape index (κ2) is 4.23. The minimum absolute atomic E-state index is 0.551. The summed E-state index contributed by atoms with van der Waals surface area (Å²) in [7, 11) is 0. The fraction of sp³-hybridized carbons (Fsp3) is 0.500. The lowest BCUT2D eigenvalue weighted by Crippen LogP contribution is -1.94. The maximum Gasteiger partial charge on any atom is 0.126 e. The molecule has 0 aliphatic carbocycles. The van der Waals surface area contributed by atoms with Crippen LogP contribution in [0.2, 0.25) is 0 Å². The Bertz CT molecular complexity index is 276. The van der Waals surface area contributed by atoms with Crippen LogP contribution in [0.25, 0.3) is 0 Å². The summed E-state index contributed by atoms with van der Waals surface area (Å²) in [4.78, 5) is 8.39. The van der Waals surface area contributed by atoms with Crippen LogP contribution in [-0.4, -0.2) is 15.2 Å². The molecule has 66 valence electrons. The first-order valence-electron chi connectivity index (χ1n) is 3.75. The van der Waals surface area contributed by atoms with Crippen molar-refractivity contribution in [2.75, 3.05) is 0 Å². The molecule has 0 N–H and O–H groups in total. The summed E-state index contributed by atoms with van der Waals surface area (Å²) < 4.78 is 0.979. The molecular weight excluding hydrogens is 236 g/mol. The monoisotopic (exact) mass is 246 g/mol. The van der Waals surface area contributed by atoms with E-state index in [1.807, 2.05) is 6.92 Å². The van der Waals surface area contributed by atoms with Gasteiger partial charge in [0.25, 0.3) is 0 Å². The third-order valence-corrected chi connectivity index (χ3v) is 3.03. The summed E-state index contributed by atoms with van der Waals surface area (Å²) in [6, 6.07) is 0. The number of thioether (sulfide) groups is 1. The van der Waals surface area contributed by atoms with Crippen molar-refractivity contribution in [3.63, 3.8) is 0 Å². The molecule has 0 saturated heterocycles. The zero-order valence-corrected chi connectivity index (χ0v) is 9.74. The summed E-state index contributed by atoms with van der Waals surface area (Å²) in [6.07, 6.45) is 1.80. The zero-order chi connectivity index (χ0) is 9.14. The van der Waals surface area contributed by atoms with Crippen LogP contribution in [0.3, 0.4) is 0 Å². The molecule has 0 spiro atoms. The molecule has 0 amide bonds. The van der Waals surface area contributed by atoms with Crippen LogP contribution in [0, 0.1) is 6.92 Å². The van der Waals surface area contributed by atoms with Crippen LogP contribution in [0.15, 0.2) is 15.7 Å². The standard InChI is InChI=1S/C8H11BrN2S/c1-5(2)12-8-7(9)4-10-6(3)11-8/h4-5H,1-3H3. The number of aryl methyl sites for hydroxylation is 1. The first kappa shape index (κ1) is 9.99. The van der Waals surface area contributed by atoms with Gasteiger partial charge in [0.15, 0.2) is 0 Å². The Labute approximate surface area is 85.3 Å². The van der Waals surface area contributed by atoms with Gasteiger partial charge in [-0.25, -0.2) is 9.97 Å². The van der Waals surface area contributed by atoms with Gasteiger partial charge in [0, 0.05) is 11.4 Å². The Kier molecular flexibility index (Phi) is 3.53. The van der Waals surface area contributed by atoms with Crippen molar-refractivity contribution < 1.29 is 0 Å². The number of aromatic nitrogens is 2. The predicted octanol–water partition coefficient (Wildman–Crippen LogP) is 3.05. The van der Waals surface area contributed by atoms with Crippen molar-refractivity contribution in [2.45, 2.75) is 31.0 Å². The average molecular weight is 247 g/mol. The lowest BCUT2D eigenvalue weighted by Gasteiger charge is -2.05. The van der Waals surface area contributed by atoms with Crippen LogP contribution in [-0.2, 0) is 0 Å². The summed E-state index contributed by atoms with van der Waals surface area (Å²) >= 11 is 5.15. The van der Waals surface area contributed by atoms with E-state index in [0.717, 1.165) is 15.3 Å². The quantitative estimate of drug-likeness (QED) is 0.593. The number of nitrogens with zero attached hydrogens (tertiary/aromatic N) is 2. The third kappa shape index (κ3) is 2.75. The number of halogens is 1. The average Bonchev–Trinajstić information content (AvgIpc) is 1.96. The van der Waals surface area contributed by atoms with E-state index in [4.69, 9.17) is 0 Å². The maximum atomic E-state index is 4.32. The van der Waals surface area contributed by atoms with E-state index in [2.05, 4.69) is 39.7 Å². The molecule has 0 aromatic carbocycles. The first-order valence-corrected chi connectivity index (χ1v) is 5.42. The Balaban J connectivity index is 2.90. The molecule has 1 aromatic rings. The molecule has 2 nitrogen and oxygen atoms in total. The van der Waals surface area contributed by atoms with Crippen molar-refractivity contribution in [3.8, 4) is 0 Å².